The molecule has 0 saturated heterocycles. The van der Waals surface area contributed by atoms with Gasteiger partial charge >= 0.3 is 0 Å². The fourth-order valence-corrected chi connectivity index (χ4v) is 2.10. The van der Waals surface area contributed by atoms with E-state index in [1.165, 1.54) is 5.69 Å². The van der Waals surface area contributed by atoms with E-state index in [2.05, 4.69) is 33.4 Å². The van der Waals surface area contributed by atoms with Crippen LogP contribution in [0.2, 0.25) is 0 Å². The van der Waals surface area contributed by atoms with Crippen LogP contribution in [0.4, 0.5) is 0 Å². The summed E-state index contributed by atoms with van der Waals surface area (Å²) in [6.45, 7) is 5.02. The summed E-state index contributed by atoms with van der Waals surface area (Å²) in [7, 11) is 1.98. The van der Waals surface area contributed by atoms with Crippen molar-refractivity contribution in [2.75, 3.05) is 6.54 Å². The molecule has 1 atom stereocenters. The second-order valence-electron chi connectivity index (χ2n) is 4.35. The molecule has 0 spiro atoms. The van der Waals surface area contributed by atoms with Crippen molar-refractivity contribution in [1.82, 2.24) is 25.1 Å². The van der Waals surface area contributed by atoms with Gasteiger partial charge in [0.15, 0.2) is 0 Å². The Labute approximate surface area is 107 Å². The Balaban J connectivity index is 2.19. The third-order valence-electron chi connectivity index (χ3n) is 2.92. The Bertz CT molecular complexity index is 491. The highest BCUT2D eigenvalue weighted by atomic mass is 15.3. The zero-order chi connectivity index (χ0) is 13.0. The molecule has 5 nitrogen and oxygen atoms in total. The molecule has 2 aromatic heterocycles. The molecule has 1 N–H and O–H groups in total. The lowest BCUT2D eigenvalue weighted by molar-refractivity contribution is 0.516. The molecule has 5 heteroatoms. The molecule has 0 amide bonds. The van der Waals surface area contributed by atoms with Crippen molar-refractivity contribution in [3.8, 4) is 0 Å². The first-order chi connectivity index (χ1) is 8.70. The first-order valence-electron chi connectivity index (χ1n) is 6.19. The Hall–Kier alpha value is -1.75. The monoisotopic (exact) mass is 245 g/mol. The van der Waals surface area contributed by atoms with Gasteiger partial charge in [0.25, 0.3) is 0 Å². The molecule has 2 heterocycles. The van der Waals surface area contributed by atoms with Crippen molar-refractivity contribution < 1.29 is 0 Å². The van der Waals surface area contributed by atoms with E-state index in [9.17, 15) is 0 Å². The van der Waals surface area contributed by atoms with E-state index in [1.807, 2.05) is 24.7 Å². The van der Waals surface area contributed by atoms with E-state index >= 15 is 0 Å². The molecule has 0 aliphatic carbocycles. The number of hydrogen-bond donors (Lipinski definition) is 1. The van der Waals surface area contributed by atoms with Crippen LogP contribution in [0.25, 0.3) is 0 Å². The van der Waals surface area contributed by atoms with Gasteiger partial charge in [0.1, 0.15) is 6.33 Å². The van der Waals surface area contributed by atoms with E-state index in [4.69, 9.17) is 0 Å². The number of hydrogen-bond acceptors (Lipinski definition) is 4. The van der Waals surface area contributed by atoms with Crippen LogP contribution in [0.15, 0.2) is 24.7 Å². The van der Waals surface area contributed by atoms with Gasteiger partial charge in [-0.2, -0.15) is 5.10 Å². The molecule has 0 saturated carbocycles. The maximum atomic E-state index is 4.37. The molecule has 18 heavy (non-hydrogen) atoms. The van der Waals surface area contributed by atoms with Crippen molar-refractivity contribution >= 4 is 0 Å². The number of nitrogens with zero attached hydrogens (tertiary/aromatic N) is 4. The topological polar surface area (TPSA) is 55.6 Å². The van der Waals surface area contributed by atoms with E-state index in [0.29, 0.717) is 0 Å². The summed E-state index contributed by atoms with van der Waals surface area (Å²) >= 11 is 0. The highest BCUT2D eigenvalue weighted by Crippen LogP contribution is 2.16. The van der Waals surface area contributed by atoms with Gasteiger partial charge in [-0.05, 0) is 25.6 Å². The predicted molar refractivity (Wildman–Crippen MR) is 70.1 cm³/mol. The Kier molecular flexibility index (Phi) is 4.04. The van der Waals surface area contributed by atoms with Crippen molar-refractivity contribution in [2.45, 2.75) is 26.3 Å². The lowest BCUT2D eigenvalue weighted by Gasteiger charge is -2.17. The smallest absolute Gasteiger partial charge is 0.115 e. The summed E-state index contributed by atoms with van der Waals surface area (Å²) in [6.07, 6.45) is 4.25. The molecule has 1 unspecified atom stereocenters. The molecule has 96 valence electrons. The maximum Gasteiger partial charge on any atom is 0.115 e. The molecule has 0 radical (unpaired) electrons. The van der Waals surface area contributed by atoms with Gasteiger partial charge in [0.05, 0.1) is 17.4 Å². The van der Waals surface area contributed by atoms with Crippen molar-refractivity contribution in [3.05, 3.63) is 41.7 Å². The zero-order valence-electron chi connectivity index (χ0n) is 11.1. The van der Waals surface area contributed by atoms with Gasteiger partial charge in [-0.1, -0.05) is 6.92 Å². The lowest BCUT2D eigenvalue weighted by Crippen LogP contribution is -2.24. The highest BCUT2D eigenvalue weighted by molar-refractivity contribution is 5.14. The van der Waals surface area contributed by atoms with Gasteiger partial charge in [-0.25, -0.2) is 9.97 Å². The molecular formula is C13H19N5. The van der Waals surface area contributed by atoms with Crippen molar-refractivity contribution in [1.29, 1.82) is 0 Å². The summed E-state index contributed by atoms with van der Waals surface area (Å²) in [5.74, 6) is 0. The molecule has 0 aliphatic rings. The molecule has 2 aromatic rings. The highest BCUT2D eigenvalue weighted by Gasteiger charge is 2.14. The van der Waals surface area contributed by atoms with Crippen LogP contribution in [0.3, 0.4) is 0 Å². The first kappa shape index (κ1) is 12.7. The standard InChI is InChI=1S/C13H19N5/c1-4-15-13(12-5-6-14-9-16-12)8-11-7-10(2)17-18(11)3/h5-7,9,13,15H,4,8H2,1-3H3. The molecule has 2 rings (SSSR count). The van der Waals surface area contributed by atoms with E-state index < -0.39 is 0 Å². The minimum Gasteiger partial charge on any atom is -0.309 e. The van der Waals surface area contributed by atoms with Gasteiger partial charge < -0.3 is 5.32 Å². The summed E-state index contributed by atoms with van der Waals surface area (Å²) < 4.78 is 1.93. The number of nitrogens with one attached hydrogen (secondary N) is 1. The minimum atomic E-state index is 0.202. The quantitative estimate of drug-likeness (QED) is 0.865. The molecule has 0 bridgehead atoms. The summed E-state index contributed by atoms with van der Waals surface area (Å²) in [6, 6.07) is 4.27. The molecule has 0 fully saturated rings. The number of rotatable bonds is 5. The average molecular weight is 245 g/mol. The third kappa shape index (κ3) is 2.92. The molecular weight excluding hydrogens is 226 g/mol. The SMILES string of the molecule is CCNC(Cc1cc(C)nn1C)c1ccncn1. The number of likely N-dealkylation sites (N-methyl/N-ethyl adjacent to an activating group) is 1. The van der Waals surface area contributed by atoms with Gasteiger partial charge in [-0.15, -0.1) is 0 Å². The van der Waals surface area contributed by atoms with Crippen LogP contribution in [-0.2, 0) is 13.5 Å². The van der Waals surface area contributed by atoms with Crippen molar-refractivity contribution in [3.63, 3.8) is 0 Å². The van der Waals surface area contributed by atoms with Gasteiger partial charge in [0, 0.05) is 25.4 Å². The largest absolute Gasteiger partial charge is 0.309 e. The number of aromatic nitrogens is 4. The Morgan fingerprint density at radius 3 is 2.83 bits per heavy atom. The van der Waals surface area contributed by atoms with Crippen LogP contribution in [0.1, 0.15) is 30.0 Å². The minimum absolute atomic E-state index is 0.202. The van der Waals surface area contributed by atoms with Crippen LogP contribution in [0, 0.1) is 6.92 Å². The normalized spacial score (nSPS) is 12.6. The second-order valence-corrected chi connectivity index (χ2v) is 4.35. The Morgan fingerprint density at radius 2 is 2.28 bits per heavy atom. The van der Waals surface area contributed by atoms with Crippen molar-refractivity contribution in [2.24, 2.45) is 7.05 Å². The summed E-state index contributed by atoms with van der Waals surface area (Å²) in [5.41, 5.74) is 3.27. The van der Waals surface area contributed by atoms with Crippen LogP contribution in [-0.4, -0.2) is 26.3 Å². The zero-order valence-corrected chi connectivity index (χ0v) is 11.1. The second kappa shape index (κ2) is 5.73. The van der Waals surface area contributed by atoms with Gasteiger partial charge in [-0.3, -0.25) is 4.68 Å². The van der Waals surface area contributed by atoms with E-state index in [1.54, 1.807) is 12.5 Å². The molecule has 0 aromatic carbocycles. The number of aryl methyl sites for hydroxylation is 2. The fraction of sp³-hybridized carbons (Fsp3) is 0.462. The van der Waals surface area contributed by atoms with E-state index in [-0.39, 0.29) is 6.04 Å². The maximum absolute atomic E-state index is 4.37. The third-order valence-corrected chi connectivity index (χ3v) is 2.92. The summed E-state index contributed by atoms with van der Waals surface area (Å²) in [4.78, 5) is 8.29. The lowest BCUT2D eigenvalue weighted by atomic mass is 10.1. The average Bonchev–Trinajstić information content (AvgIpc) is 2.68. The molecule has 0 aliphatic heterocycles. The van der Waals surface area contributed by atoms with Gasteiger partial charge in [0.2, 0.25) is 0 Å². The van der Waals surface area contributed by atoms with E-state index in [0.717, 1.165) is 24.4 Å². The fourth-order valence-electron chi connectivity index (χ4n) is 2.10. The summed E-state index contributed by atoms with van der Waals surface area (Å²) in [5, 5.41) is 7.83. The predicted octanol–water partition coefficient (Wildman–Crippen LogP) is 1.41. The van der Waals surface area contributed by atoms with Crippen LogP contribution < -0.4 is 5.32 Å². The van der Waals surface area contributed by atoms with Crippen LogP contribution >= 0.6 is 0 Å². The first-order valence-corrected chi connectivity index (χ1v) is 6.19. The van der Waals surface area contributed by atoms with Crippen LogP contribution in [0.5, 0.6) is 0 Å². The Morgan fingerprint density at radius 1 is 1.44 bits per heavy atom.